The second-order valence-electron chi connectivity index (χ2n) is 5.22. The molecule has 0 unspecified atom stereocenters. The first-order valence-electron chi connectivity index (χ1n) is 7.42. The molecule has 0 atom stereocenters. The van der Waals surface area contributed by atoms with Gasteiger partial charge in [-0.1, -0.05) is 0 Å². The van der Waals surface area contributed by atoms with Gasteiger partial charge in [-0.2, -0.15) is 0 Å². The number of rotatable bonds is 6. The molecular weight excluding hydrogens is 346 g/mol. The van der Waals surface area contributed by atoms with Crippen LogP contribution >= 0.6 is 0 Å². The highest BCUT2D eigenvalue weighted by Gasteiger charge is 2.29. The van der Waals surface area contributed by atoms with Crippen molar-refractivity contribution in [3.63, 3.8) is 0 Å². The summed E-state index contributed by atoms with van der Waals surface area (Å²) in [5, 5.41) is 11.4. The Balaban J connectivity index is 2.14. The zero-order chi connectivity index (χ0) is 18.8. The molecule has 3 rings (SSSR count). The first-order chi connectivity index (χ1) is 12.5. The molecule has 0 N–H and O–H groups in total. The van der Waals surface area contributed by atoms with Crippen LogP contribution in [0.15, 0.2) is 24.3 Å². The molecular formula is C17H15NO8. The zero-order valence-corrected chi connectivity index (χ0v) is 14.2. The number of fused-ring (bicyclic) bond motifs is 1. The summed E-state index contributed by atoms with van der Waals surface area (Å²) >= 11 is 0. The van der Waals surface area contributed by atoms with Gasteiger partial charge in [0.2, 0.25) is 12.5 Å². The monoisotopic (exact) mass is 361 g/mol. The lowest BCUT2D eigenvalue weighted by Gasteiger charge is -2.14. The number of carbonyl (C=O) groups excluding carboxylic acids is 1. The van der Waals surface area contributed by atoms with Crippen LogP contribution in [0.4, 0.5) is 5.69 Å². The van der Waals surface area contributed by atoms with E-state index in [2.05, 4.69) is 0 Å². The van der Waals surface area contributed by atoms with Gasteiger partial charge in [-0.15, -0.1) is 0 Å². The smallest absolute Gasteiger partial charge is 0.284 e. The Kier molecular flexibility index (Phi) is 4.53. The third-order valence-corrected chi connectivity index (χ3v) is 3.86. The van der Waals surface area contributed by atoms with Crippen molar-refractivity contribution in [3.05, 3.63) is 45.5 Å². The van der Waals surface area contributed by atoms with E-state index in [4.69, 9.17) is 23.7 Å². The van der Waals surface area contributed by atoms with Gasteiger partial charge >= 0.3 is 0 Å². The van der Waals surface area contributed by atoms with Crippen LogP contribution in [0, 0.1) is 10.1 Å². The number of methoxy groups -OCH3 is 3. The summed E-state index contributed by atoms with van der Waals surface area (Å²) in [4.78, 5) is 23.7. The Morgan fingerprint density at radius 2 is 1.58 bits per heavy atom. The Morgan fingerprint density at radius 1 is 1.00 bits per heavy atom. The highest BCUT2D eigenvalue weighted by Crippen LogP contribution is 2.41. The van der Waals surface area contributed by atoms with Gasteiger partial charge in [0.1, 0.15) is 5.56 Å². The predicted octanol–water partition coefficient (Wildman–Crippen LogP) is 2.58. The van der Waals surface area contributed by atoms with Gasteiger partial charge in [0.15, 0.2) is 28.8 Å². The van der Waals surface area contributed by atoms with Gasteiger partial charge in [0, 0.05) is 11.6 Å². The van der Waals surface area contributed by atoms with Crippen LogP contribution in [0.5, 0.6) is 28.7 Å². The summed E-state index contributed by atoms with van der Waals surface area (Å²) in [7, 11) is 4.26. The van der Waals surface area contributed by atoms with Crippen LogP contribution in [0.25, 0.3) is 0 Å². The number of ether oxygens (including phenoxy) is 5. The molecule has 1 aliphatic heterocycles. The van der Waals surface area contributed by atoms with Crippen molar-refractivity contribution in [3.8, 4) is 28.7 Å². The van der Waals surface area contributed by atoms with E-state index in [1.807, 2.05) is 0 Å². The number of hydrogen-bond acceptors (Lipinski definition) is 8. The average molecular weight is 361 g/mol. The lowest BCUT2D eigenvalue weighted by atomic mass is 10.00. The molecule has 2 aromatic carbocycles. The van der Waals surface area contributed by atoms with E-state index >= 15 is 0 Å². The van der Waals surface area contributed by atoms with Crippen molar-refractivity contribution >= 4 is 11.5 Å². The van der Waals surface area contributed by atoms with E-state index in [-0.39, 0.29) is 46.6 Å². The number of benzene rings is 2. The van der Waals surface area contributed by atoms with E-state index in [0.717, 1.165) is 0 Å². The number of nitro benzene ring substituents is 1. The van der Waals surface area contributed by atoms with Crippen LogP contribution in [-0.2, 0) is 0 Å². The van der Waals surface area contributed by atoms with Crippen molar-refractivity contribution in [2.75, 3.05) is 28.1 Å². The maximum Gasteiger partial charge on any atom is 0.284 e. The van der Waals surface area contributed by atoms with Crippen molar-refractivity contribution in [2.24, 2.45) is 0 Å². The van der Waals surface area contributed by atoms with E-state index in [9.17, 15) is 14.9 Å². The number of ketones is 1. The van der Waals surface area contributed by atoms with Gasteiger partial charge in [-0.05, 0) is 12.1 Å². The van der Waals surface area contributed by atoms with Crippen LogP contribution in [-0.4, -0.2) is 38.8 Å². The lowest BCUT2D eigenvalue weighted by molar-refractivity contribution is -0.385. The van der Waals surface area contributed by atoms with E-state index in [1.165, 1.54) is 45.6 Å². The van der Waals surface area contributed by atoms with Crippen LogP contribution in [0.2, 0.25) is 0 Å². The number of hydrogen-bond donors (Lipinski definition) is 0. The van der Waals surface area contributed by atoms with Gasteiger partial charge in [-0.3, -0.25) is 14.9 Å². The molecule has 1 aliphatic rings. The highest BCUT2D eigenvalue weighted by atomic mass is 16.7. The highest BCUT2D eigenvalue weighted by molar-refractivity contribution is 6.12. The third kappa shape index (κ3) is 2.83. The fraction of sp³-hybridized carbons (Fsp3) is 0.235. The SMILES string of the molecule is COc1cc(C(=O)c2cc3c(cc2[N+](=O)[O-])OCO3)cc(OC)c1OC. The molecule has 136 valence electrons. The minimum absolute atomic E-state index is 0.0612. The number of nitrogens with zero attached hydrogens (tertiary/aromatic N) is 1. The van der Waals surface area contributed by atoms with E-state index < -0.39 is 10.7 Å². The second-order valence-corrected chi connectivity index (χ2v) is 5.22. The molecule has 2 aromatic rings. The Hall–Kier alpha value is -3.49. The quantitative estimate of drug-likeness (QED) is 0.439. The number of nitro groups is 1. The van der Waals surface area contributed by atoms with Crippen molar-refractivity contribution < 1.29 is 33.4 Å². The summed E-state index contributed by atoms with van der Waals surface area (Å²) in [5.74, 6) is 0.739. The van der Waals surface area contributed by atoms with E-state index in [0.29, 0.717) is 5.75 Å². The van der Waals surface area contributed by atoms with Crippen molar-refractivity contribution in [2.45, 2.75) is 0 Å². The van der Waals surface area contributed by atoms with Gasteiger partial charge in [0.25, 0.3) is 5.69 Å². The third-order valence-electron chi connectivity index (χ3n) is 3.86. The minimum Gasteiger partial charge on any atom is -0.493 e. The summed E-state index contributed by atoms with van der Waals surface area (Å²) in [6, 6.07) is 5.33. The number of carbonyl (C=O) groups is 1. The molecule has 0 fully saturated rings. The molecule has 0 saturated heterocycles. The zero-order valence-electron chi connectivity index (χ0n) is 14.2. The molecule has 26 heavy (non-hydrogen) atoms. The van der Waals surface area contributed by atoms with Gasteiger partial charge < -0.3 is 23.7 Å². The maximum atomic E-state index is 13.0. The summed E-state index contributed by atoms with van der Waals surface area (Å²) in [6.45, 7) is -0.0612. The largest absolute Gasteiger partial charge is 0.493 e. The topological polar surface area (TPSA) is 106 Å². The Morgan fingerprint density at radius 3 is 2.08 bits per heavy atom. The molecule has 1 heterocycles. The summed E-state index contributed by atoms with van der Waals surface area (Å²) in [5.41, 5.74) is -0.372. The normalized spacial score (nSPS) is 11.8. The lowest BCUT2D eigenvalue weighted by Crippen LogP contribution is -2.07. The second kappa shape index (κ2) is 6.79. The molecule has 0 aromatic heterocycles. The average Bonchev–Trinajstić information content (AvgIpc) is 3.12. The molecule has 0 aliphatic carbocycles. The van der Waals surface area contributed by atoms with Gasteiger partial charge in [-0.25, -0.2) is 0 Å². The molecule has 0 spiro atoms. The van der Waals surface area contributed by atoms with Crippen molar-refractivity contribution in [1.82, 2.24) is 0 Å². The fourth-order valence-electron chi connectivity index (χ4n) is 2.63. The molecule has 0 amide bonds. The van der Waals surface area contributed by atoms with Crippen LogP contribution in [0.1, 0.15) is 15.9 Å². The first kappa shape index (κ1) is 17.3. The Labute approximate surface area is 148 Å². The molecule has 9 heteroatoms. The summed E-state index contributed by atoms with van der Waals surface area (Å²) in [6.07, 6.45) is 0. The van der Waals surface area contributed by atoms with Crippen LogP contribution in [0.3, 0.4) is 0 Å². The summed E-state index contributed by atoms with van der Waals surface area (Å²) < 4.78 is 26.0. The molecule has 0 radical (unpaired) electrons. The van der Waals surface area contributed by atoms with Crippen LogP contribution < -0.4 is 23.7 Å². The first-order valence-corrected chi connectivity index (χ1v) is 7.42. The standard InChI is InChI=1S/C17H15NO8/c1-22-14-4-9(5-15(23-2)17(14)24-3)16(19)10-6-12-13(26-8-25-12)7-11(10)18(20)21/h4-7H,8H2,1-3H3. The van der Waals surface area contributed by atoms with E-state index in [1.54, 1.807) is 0 Å². The van der Waals surface area contributed by atoms with Gasteiger partial charge in [0.05, 0.1) is 32.3 Å². The molecule has 0 bridgehead atoms. The minimum atomic E-state index is -0.646. The molecule has 9 nitrogen and oxygen atoms in total. The maximum absolute atomic E-state index is 13.0. The molecule has 0 saturated carbocycles. The Bertz CT molecular complexity index is 868. The van der Waals surface area contributed by atoms with Crippen molar-refractivity contribution in [1.29, 1.82) is 0 Å². The fourth-order valence-corrected chi connectivity index (χ4v) is 2.63. The predicted molar refractivity (Wildman–Crippen MR) is 88.7 cm³/mol.